The first-order valence-electron chi connectivity index (χ1n) is 8.52. The standard InChI is InChI=1S/C18H23N7O/c1-13-10-14(2)25(23-13)17-11-16(21-15(3)22-17)19-6-7-20-18(26)12-24-8-4-5-9-24/h4-5,8-11H,6-7,12H2,1-3H3,(H,20,26)(H,19,21,22). The Bertz CT molecular complexity index is 883. The maximum Gasteiger partial charge on any atom is 0.239 e. The van der Waals surface area contributed by atoms with E-state index in [1.165, 1.54) is 0 Å². The van der Waals surface area contributed by atoms with Crippen molar-refractivity contribution in [2.75, 3.05) is 18.4 Å². The second-order valence-corrected chi connectivity index (χ2v) is 6.13. The average Bonchev–Trinajstić information content (AvgIpc) is 3.20. The molecule has 0 unspecified atom stereocenters. The average molecular weight is 353 g/mol. The Hall–Kier alpha value is -3.16. The highest BCUT2D eigenvalue weighted by molar-refractivity contribution is 5.75. The molecule has 0 bridgehead atoms. The number of anilines is 1. The molecule has 2 N–H and O–H groups in total. The maximum atomic E-state index is 11.9. The Balaban J connectivity index is 1.55. The monoisotopic (exact) mass is 353 g/mol. The number of carbonyl (C=O) groups is 1. The highest BCUT2D eigenvalue weighted by Gasteiger charge is 2.08. The van der Waals surface area contributed by atoms with E-state index in [0.29, 0.717) is 31.3 Å². The van der Waals surface area contributed by atoms with Crippen molar-refractivity contribution < 1.29 is 4.79 Å². The molecule has 0 atom stereocenters. The molecule has 0 fully saturated rings. The minimum absolute atomic E-state index is 0.0230. The summed E-state index contributed by atoms with van der Waals surface area (Å²) in [6.45, 7) is 7.20. The van der Waals surface area contributed by atoms with Gasteiger partial charge in [0.2, 0.25) is 5.91 Å². The number of nitrogens with one attached hydrogen (secondary N) is 2. The predicted octanol–water partition coefficient (Wildman–Crippen LogP) is 1.62. The van der Waals surface area contributed by atoms with Crippen LogP contribution in [0.3, 0.4) is 0 Å². The Morgan fingerprint density at radius 2 is 1.85 bits per heavy atom. The lowest BCUT2D eigenvalue weighted by Crippen LogP contribution is -2.31. The van der Waals surface area contributed by atoms with E-state index >= 15 is 0 Å². The molecule has 0 saturated heterocycles. The highest BCUT2D eigenvalue weighted by atomic mass is 16.1. The fourth-order valence-corrected chi connectivity index (χ4v) is 2.70. The van der Waals surface area contributed by atoms with Gasteiger partial charge < -0.3 is 15.2 Å². The van der Waals surface area contributed by atoms with Gasteiger partial charge in [-0.25, -0.2) is 14.6 Å². The van der Waals surface area contributed by atoms with Crippen molar-refractivity contribution in [2.45, 2.75) is 27.3 Å². The van der Waals surface area contributed by atoms with E-state index in [-0.39, 0.29) is 5.91 Å². The fourth-order valence-electron chi connectivity index (χ4n) is 2.70. The number of nitrogens with zero attached hydrogens (tertiary/aromatic N) is 5. The molecule has 0 aliphatic rings. The van der Waals surface area contributed by atoms with Crippen LogP contribution in [0.15, 0.2) is 36.7 Å². The number of carbonyl (C=O) groups excluding carboxylic acids is 1. The van der Waals surface area contributed by atoms with Crippen molar-refractivity contribution in [1.29, 1.82) is 0 Å². The van der Waals surface area contributed by atoms with E-state index < -0.39 is 0 Å². The van der Waals surface area contributed by atoms with Gasteiger partial charge in [0.15, 0.2) is 5.82 Å². The first kappa shape index (κ1) is 17.7. The number of rotatable bonds is 7. The summed E-state index contributed by atoms with van der Waals surface area (Å²) in [6, 6.07) is 7.65. The number of aryl methyl sites for hydroxylation is 3. The van der Waals surface area contributed by atoms with Crippen LogP contribution in [0.1, 0.15) is 17.2 Å². The molecule has 3 aromatic heterocycles. The van der Waals surface area contributed by atoms with Gasteiger partial charge in [0.1, 0.15) is 18.2 Å². The molecular weight excluding hydrogens is 330 g/mol. The molecule has 0 saturated carbocycles. The Labute approximate surface area is 152 Å². The molecular formula is C18H23N7O. The summed E-state index contributed by atoms with van der Waals surface area (Å²) in [5.74, 6) is 2.07. The van der Waals surface area contributed by atoms with E-state index in [4.69, 9.17) is 0 Å². The van der Waals surface area contributed by atoms with Crippen LogP contribution in [-0.4, -0.2) is 43.3 Å². The normalized spacial score (nSPS) is 10.7. The molecule has 3 rings (SSSR count). The third-order valence-electron chi connectivity index (χ3n) is 3.80. The molecule has 3 aromatic rings. The zero-order valence-electron chi connectivity index (χ0n) is 15.2. The van der Waals surface area contributed by atoms with E-state index in [9.17, 15) is 4.79 Å². The Morgan fingerprint density at radius 3 is 2.54 bits per heavy atom. The summed E-state index contributed by atoms with van der Waals surface area (Å²) in [4.78, 5) is 20.7. The van der Waals surface area contributed by atoms with Crippen molar-refractivity contribution >= 4 is 11.7 Å². The second-order valence-electron chi connectivity index (χ2n) is 6.13. The number of hydrogen-bond donors (Lipinski definition) is 2. The summed E-state index contributed by atoms with van der Waals surface area (Å²) in [5.41, 5.74) is 1.96. The van der Waals surface area contributed by atoms with Crippen LogP contribution in [0.25, 0.3) is 5.82 Å². The first-order valence-corrected chi connectivity index (χ1v) is 8.52. The van der Waals surface area contributed by atoms with E-state index in [1.54, 1.807) is 4.68 Å². The van der Waals surface area contributed by atoms with Crippen molar-refractivity contribution in [1.82, 2.24) is 29.6 Å². The minimum atomic E-state index is -0.0230. The van der Waals surface area contributed by atoms with Crippen LogP contribution < -0.4 is 10.6 Å². The van der Waals surface area contributed by atoms with Crippen LogP contribution in [-0.2, 0) is 11.3 Å². The second kappa shape index (κ2) is 7.81. The molecule has 1 amide bonds. The van der Waals surface area contributed by atoms with Gasteiger partial charge >= 0.3 is 0 Å². The lowest BCUT2D eigenvalue weighted by molar-refractivity contribution is -0.121. The van der Waals surface area contributed by atoms with Gasteiger partial charge in [0.25, 0.3) is 0 Å². The van der Waals surface area contributed by atoms with E-state index in [0.717, 1.165) is 17.2 Å². The SMILES string of the molecule is Cc1cc(C)n(-c2cc(NCCNC(=O)Cn3cccc3)nc(C)n2)n1. The molecule has 0 radical (unpaired) electrons. The molecule has 8 heteroatoms. The van der Waals surface area contributed by atoms with E-state index in [2.05, 4.69) is 25.7 Å². The summed E-state index contributed by atoms with van der Waals surface area (Å²) in [7, 11) is 0. The van der Waals surface area contributed by atoms with Gasteiger partial charge in [0, 0.05) is 37.2 Å². The Kier molecular flexibility index (Phi) is 5.31. The zero-order chi connectivity index (χ0) is 18.5. The molecule has 3 heterocycles. The molecule has 26 heavy (non-hydrogen) atoms. The third-order valence-corrected chi connectivity index (χ3v) is 3.80. The topological polar surface area (TPSA) is 89.7 Å². The third kappa shape index (κ3) is 4.47. The lowest BCUT2D eigenvalue weighted by atomic mass is 10.4. The minimum Gasteiger partial charge on any atom is -0.368 e. The number of hydrogen-bond acceptors (Lipinski definition) is 5. The Morgan fingerprint density at radius 1 is 1.08 bits per heavy atom. The lowest BCUT2D eigenvalue weighted by Gasteiger charge is -2.10. The zero-order valence-corrected chi connectivity index (χ0v) is 15.2. The van der Waals surface area contributed by atoms with Crippen LogP contribution >= 0.6 is 0 Å². The van der Waals surface area contributed by atoms with Crippen molar-refractivity contribution in [3.05, 3.63) is 53.9 Å². The fraction of sp³-hybridized carbons (Fsp3) is 0.333. The van der Waals surface area contributed by atoms with Gasteiger partial charge in [-0.15, -0.1) is 0 Å². The molecule has 0 aliphatic carbocycles. The van der Waals surface area contributed by atoms with Gasteiger partial charge in [-0.2, -0.15) is 5.10 Å². The van der Waals surface area contributed by atoms with Gasteiger partial charge in [0.05, 0.1) is 5.69 Å². The summed E-state index contributed by atoms with van der Waals surface area (Å²) in [5, 5.41) is 10.6. The molecule has 0 aromatic carbocycles. The molecule has 0 aliphatic heterocycles. The summed E-state index contributed by atoms with van der Waals surface area (Å²) in [6.07, 6.45) is 3.73. The maximum absolute atomic E-state index is 11.9. The van der Waals surface area contributed by atoms with Gasteiger partial charge in [-0.05, 0) is 39.0 Å². The van der Waals surface area contributed by atoms with Gasteiger partial charge in [-0.3, -0.25) is 4.79 Å². The molecule has 0 spiro atoms. The van der Waals surface area contributed by atoms with Crippen LogP contribution in [0.4, 0.5) is 5.82 Å². The highest BCUT2D eigenvalue weighted by Crippen LogP contribution is 2.13. The van der Waals surface area contributed by atoms with Crippen LogP contribution in [0, 0.1) is 20.8 Å². The van der Waals surface area contributed by atoms with Crippen molar-refractivity contribution in [3.63, 3.8) is 0 Å². The molecule has 8 nitrogen and oxygen atoms in total. The smallest absolute Gasteiger partial charge is 0.239 e. The quantitative estimate of drug-likeness (QED) is 0.630. The number of aromatic nitrogens is 5. The van der Waals surface area contributed by atoms with Crippen molar-refractivity contribution in [3.8, 4) is 5.82 Å². The van der Waals surface area contributed by atoms with Crippen LogP contribution in [0.2, 0.25) is 0 Å². The molecule has 136 valence electrons. The summed E-state index contributed by atoms with van der Waals surface area (Å²) >= 11 is 0. The predicted molar refractivity (Wildman–Crippen MR) is 99.3 cm³/mol. The number of amides is 1. The van der Waals surface area contributed by atoms with E-state index in [1.807, 2.05) is 62.0 Å². The van der Waals surface area contributed by atoms with Crippen molar-refractivity contribution in [2.24, 2.45) is 0 Å². The summed E-state index contributed by atoms with van der Waals surface area (Å²) < 4.78 is 3.63. The van der Waals surface area contributed by atoms with Gasteiger partial charge in [-0.1, -0.05) is 0 Å². The first-order chi connectivity index (χ1) is 12.5. The van der Waals surface area contributed by atoms with Crippen LogP contribution in [0.5, 0.6) is 0 Å². The largest absolute Gasteiger partial charge is 0.368 e.